The highest BCUT2D eigenvalue weighted by Gasteiger charge is 2.27. The van der Waals surface area contributed by atoms with Crippen molar-refractivity contribution in [2.24, 2.45) is 0 Å². The number of benzene rings is 3. The molecular weight excluding hydrogens is 690 g/mol. The summed E-state index contributed by atoms with van der Waals surface area (Å²) in [6.45, 7) is 2.49. The van der Waals surface area contributed by atoms with E-state index in [1.54, 1.807) is 29.2 Å². The van der Waals surface area contributed by atoms with Gasteiger partial charge in [0.2, 0.25) is 0 Å². The number of nitro groups is 2. The fourth-order valence-corrected chi connectivity index (χ4v) is 5.80. The van der Waals surface area contributed by atoms with Gasteiger partial charge < -0.3 is 10.2 Å². The fourth-order valence-electron chi connectivity index (χ4n) is 4.46. The van der Waals surface area contributed by atoms with Gasteiger partial charge in [0.1, 0.15) is 0 Å². The minimum Gasteiger partial charge on any atom is -0.334 e. The lowest BCUT2D eigenvalue weighted by Crippen LogP contribution is -2.36. The van der Waals surface area contributed by atoms with Crippen LogP contribution in [-0.4, -0.2) is 33.7 Å². The zero-order chi connectivity index (χ0) is 25.8. The van der Waals surface area contributed by atoms with Gasteiger partial charge in [0.25, 0.3) is 17.3 Å². The maximum Gasteiger partial charge on any atom is 0.274 e. The number of hydrogen-bond donors (Lipinski definition) is 1. The first-order chi connectivity index (χ1) is 17.2. The van der Waals surface area contributed by atoms with Crippen LogP contribution in [0.1, 0.15) is 32.6 Å². The van der Waals surface area contributed by atoms with Gasteiger partial charge >= 0.3 is 0 Å². The number of nitrogens with one attached hydrogen (secondary N) is 1. The van der Waals surface area contributed by atoms with Crippen LogP contribution >= 0.6 is 45.2 Å². The highest BCUT2D eigenvalue weighted by molar-refractivity contribution is 14.1. The maximum atomic E-state index is 12.5. The molecule has 2 heterocycles. The van der Waals surface area contributed by atoms with Crippen molar-refractivity contribution in [1.82, 2.24) is 10.2 Å². The number of amides is 1. The average molecular weight is 712 g/mol. The number of hydrogen-bond acceptors (Lipinski definition) is 6. The smallest absolute Gasteiger partial charge is 0.274 e. The van der Waals surface area contributed by atoms with Gasteiger partial charge in [-0.1, -0.05) is 18.2 Å². The van der Waals surface area contributed by atoms with Crippen LogP contribution in [0, 0.1) is 27.4 Å². The molecule has 3 aromatic rings. The molecule has 9 nitrogen and oxygen atoms in total. The van der Waals surface area contributed by atoms with Crippen molar-refractivity contribution in [2.75, 3.05) is 13.1 Å². The van der Waals surface area contributed by atoms with E-state index in [0.717, 1.165) is 48.9 Å². The molecule has 0 saturated heterocycles. The molecule has 0 radical (unpaired) electrons. The molecule has 0 aliphatic carbocycles. The van der Waals surface area contributed by atoms with E-state index in [9.17, 15) is 25.0 Å². The van der Waals surface area contributed by atoms with E-state index in [1.165, 1.54) is 0 Å². The SMILES string of the molecule is O=C(c1ccccc1)N1CCc2c(cc(I)cc2[N+](=O)[O-])C1.O=[N+]([O-])c1cc(I)cc2c1CCNC2. The lowest BCUT2D eigenvalue weighted by molar-refractivity contribution is -0.385. The Kier molecular flexibility index (Phi) is 8.51. The van der Waals surface area contributed by atoms with Crippen LogP contribution in [0.15, 0.2) is 54.6 Å². The third-order valence-electron chi connectivity index (χ3n) is 6.13. The van der Waals surface area contributed by atoms with Crippen molar-refractivity contribution >= 4 is 62.5 Å². The first-order valence-corrected chi connectivity index (χ1v) is 13.4. The summed E-state index contributed by atoms with van der Waals surface area (Å²) >= 11 is 4.19. The molecule has 0 bridgehead atoms. The van der Waals surface area contributed by atoms with E-state index in [1.807, 2.05) is 30.3 Å². The van der Waals surface area contributed by atoms with Crippen LogP contribution in [0.3, 0.4) is 0 Å². The largest absolute Gasteiger partial charge is 0.334 e. The third kappa shape index (κ3) is 6.00. The van der Waals surface area contributed by atoms with E-state index < -0.39 is 0 Å². The number of nitro benzene ring substituents is 2. The summed E-state index contributed by atoms with van der Waals surface area (Å²) < 4.78 is 1.74. The summed E-state index contributed by atoms with van der Waals surface area (Å²) in [6.07, 6.45) is 1.27. The van der Waals surface area contributed by atoms with Crippen molar-refractivity contribution in [3.05, 3.63) is 110 Å². The fraction of sp³-hybridized carbons (Fsp3) is 0.240. The number of carbonyl (C=O) groups excluding carboxylic acids is 1. The first-order valence-electron chi connectivity index (χ1n) is 11.2. The van der Waals surface area contributed by atoms with Crippen LogP contribution < -0.4 is 5.32 Å². The number of halogens is 2. The van der Waals surface area contributed by atoms with Crippen molar-refractivity contribution in [2.45, 2.75) is 25.9 Å². The summed E-state index contributed by atoms with van der Waals surface area (Å²) in [7, 11) is 0. The van der Waals surface area contributed by atoms with Crippen LogP contribution in [0.5, 0.6) is 0 Å². The molecule has 0 fully saturated rings. The molecule has 0 aromatic heterocycles. The second kappa shape index (κ2) is 11.6. The first kappa shape index (κ1) is 26.4. The molecule has 3 aromatic carbocycles. The summed E-state index contributed by atoms with van der Waals surface area (Å²) in [4.78, 5) is 35.6. The zero-order valence-corrected chi connectivity index (χ0v) is 23.4. The predicted molar refractivity (Wildman–Crippen MR) is 152 cm³/mol. The van der Waals surface area contributed by atoms with E-state index in [0.29, 0.717) is 25.1 Å². The standard InChI is InChI=1S/C16H13IN2O3.C9H9IN2O2/c17-13-8-12-10-18(16(20)11-4-2-1-3-5-11)7-6-14(12)15(9-13)19(21)22;10-7-3-6-5-11-2-1-8(6)9(4-7)12(13)14/h1-5,8-9H,6-7,10H2;3-4,11H,1-2,5H2. The zero-order valence-electron chi connectivity index (χ0n) is 19.1. The second-order valence-corrected chi connectivity index (χ2v) is 10.9. The van der Waals surface area contributed by atoms with Gasteiger partial charge in [-0.3, -0.25) is 25.0 Å². The van der Waals surface area contributed by atoms with E-state index >= 15 is 0 Å². The average Bonchev–Trinajstić information content (AvgIpc) is 2.87. The Morgan fingerprint density at radius 3 is 2.06 bits per heavy atom. The molecule has 5 rings (SSSR count). The van der Waals surface area contributed by atoms with Gasteiger partial charge in [-0.05, 0) is 100.0 Å². The molecule has 186 valence electrons. The van der Waals surface area contributed by atoms with Gasteiger partial charge in [-0.25, -0.2) is 0 Å². The number of nitrogens with zero attached hydrogens (tertiary/aromatic N) is 3. The summed E-state index contributed by atoms with van der Waals surface area (Å²) in [5.41, 5.74) is 4.66. The minimum atomic E-state index is -0.338. The molecule has 2 aliphatic rings. The second-order valence-electron chi connectivity index (χ2n) is 8.41. The third-order valence-corrected chi connectivity index (χ3v) is 7.37. The summed E-state index contributed by atoms with van der Waals surface area (Å²) in [5, 5.41) is 25.2. The Balaban J connectivity index is 0.000000187. The van der Waals surface area contributed by atoms with E-state index in [-0.39, 0.29) is 27.1 Å². The van der Waals surface area contributed by atoms with Crippen molar-refractivity contribution in [3.63, 3.8) is 0 Å². The Bertz CT molecular complexity index is 1330. The highest BCUT2D eigenvalue weighted by atomic mass is 127. The highest BCUT2D eigenvalue weighted by Crippen LogP contribution is 2.31. The Hall–Kier alpha value is -2.65. The summed E-state index contributed by atoms with van der Waals surface area (Å²) in [5.74, 6) is -0.0345. The van der Waals surface area contributed by atoms with Gasteiger partial charge in [0.15, 0.2) is 0 Å². The predicted octanol–water partition coefficient (Wildman–Crippen LogP) is 5.24. The molecule has 11 heteroatoms. The molecule has 0 spiro atoms. The molecule has 0 atom stereocenters. The van der Waals surface area contributed by atoms with Gasteiger partial charge in [0.05, 0.1) is 9.85 Å². The van der Waals surface area contributed by atoms with Gasteiger partial charge in [-0.2, -0.15) is 0 Å². The lowest BCUT2D eigenvalue weighted by atomic mass is 9.97. The van der Waals surface area contributed by atoms with Crippen LogP contribution in [0.25, 0.3) is 0 Å². The molecule has 1 amide bonds. The van der Waals surface area contributed by atoms with Gasteiger partial charge in [-0.15, -0.1) is 0 Å². The maximum absolute atomic E-state index is 12.5. The number of fused-ring (bicyclic) bond motifs is 2. The number of rotatable bonds is 3. The van der Waals surface area contributed by atoms with Crippen molar-refractivity contribution in [3.8, 4) is 0 Å². The molecule has 36 heavy (non-hydrogen) atoms. The van der Waals surface area contributed by atoms with E-state index in [4.69, 9.17) is 0 Å². The molecule has 0 unspecified atom stereocenters. The van der Waals surface area contributed by atoms with Crippen LogP contribution in [0.4, 0.5) is 11.4 Å². The Labute approximate surface area is 234 Å². The van der Waals surface area contributed by atoms with Crippen LogP contribution in [-0.2, 0) is 25.9 Å². The molecule has 2 aliphatic heterocycles. The normalized spacial score (nSPS) is 14.1. The quantitative estimate of drug-likeness (QED) is 0.226. The van der Waals surface area contributed by atoms with Crippen molar-refractivity contribution < 1.29 is 14.6 Å². The lowest BCUT2D eigenvalue weighted by Gasteiger charge is -2.29. The minimum absolute atomic E-state index is 0.0345. The summed E-state index contributed by atoms with van der Waals surface area (Å²) in [6, 6.07) is 16.3. The van der Waals surface area contributed by atoms with E-state index in [2.05, 4.69) is 50.5 Å². The Morgan fingerprint density at radius 2 is 1.44 bits per heavy atom. The number of carbonyl (C=O) groups is 1. The van der Waals surface area contributed by atoms with Crippen LogP contribution in [0.2, 0.25) is 0 Å². The molecule has 1 N–H and O–H groups in total. The topological polar surface area (TPSA) is 119 Å². The molecule has 0 saturated carbocycles. The van der Waals surface area contributed by atoms with Crippen molar-refractivity contribution in [1.29, 1.82) is 0 Å². The van der Waals surface area contributed by atoms with Gasteiger partial charge in [0, 0.05) is 55.6 Å². The molecular formula is C25H22I2N4O5. The Morgan fingerprint density at radius 1 is 0.861 bits per heavy atom. The monoisotopic (exact) mass is 712 g/mol.